The van der Waals surface area contributed by atoms with Crippen molar-refractivity contribution in [3.63, 3.8) is 0 Å². The Kier molecular flexibility index (Phi) is 6.40. The number of carbonyl (C=O) groups is 2. The van der Waals surface area contributed by atoms with Crippen LogP contribution in [0.5, 0.6) is 0 Å². The highest BCUT2D eigenvalue weighted by Crippen LogP contribution is 2.27. The van der Waals surface area contributed by atoms with Crippen LogP contribution >= 0.6 is 0 Å². The van der Waals surface area contributed by atoms with Crippen LogP contribution in [0.15, 0.2) is 24.3 Å². The molecule has 1 atom stereocenters. The molecule has 1 rings (SSSR count). The van der Waals surface area contributed by atoms with Crippen molar-refractivity contribution in [2.75, 3.05) is 0 Å². The lowest BCUT2D eigenvalue weighted by Gasteiger charge is -2.11. The second-order valence-electron chi connectivity index (χ2n) is 4.61. The van der Waals surface area contributed by atoms with E-state index in [1.807, 2.05) is 12.2 Å². The van der Waals surface area contributed by atoms with E-state index < -0.39 is 5.97 Å². The zero-order valence-corrected chi connectivity index (χ0v) is 11.2. The average Bonchev–Trinajstić information content (AvgIpc) is 2.67. The van der Waals surface area contributed by atoms with Crippen molar-refractivity contribution in [2.24, 2.45) is 11.8 Å². The van der Waals surface area contributed by atoms with E-state index in [0.717, 1.165) is 25.7 Å². The molecule has 0 bridgehead atoms. The van der Waals surface area contributed by atoms with Crippen LogP contribution in [0.25, 0.3) is 0 Å². The Morgan fingerprint density at radius 1 is 1.17 bits per heavy atom. The van der Waals surface area contributed by atoms with Gasteiger partial charge in [-0.05, 0) is 12.8 Å². The molecular weight excluding hydrogens is 228 g/mol. The first-order chi connectivity index (χ1) is 8.69. The maximum absolute atomic E-state index is 11.6. The van der Waals surface area contributed by atoms with Crippen molar-refractivity contribution in [1.82, 2.24) is 0 Å². The highest BCUT2D eigenvalue weighted by Gasteiger charge is 2.37. The first kappa shape index (κ1) is 14.7. The number of hydrogen-bond acceptors (Lipinski definition) is 3. The molecule has 0 aromatic carbocycles. The molecule has 0 aromatic heterocycles. The summed E-state index contributed by atoms with van der Waals surface area (Å²) in [6, 6.07) is 0. The highest BCUT2D eigenvalue weighted by atomic mass is 16.6. The second-order valence-corrected chi connectivity index (χ2v) is 4.61. The summed E-state index contributed by atoms with van der Waals surface area (Å²) in [5, 5.41) is 0. The van der Waals surface area contributed by atoms with E-state index in [2.05, 4.69) is 30.7 Å². The summed E-state index contributed by atoms with van der Waals surface area (Å²) in [6.07, 6.45) is 12.6. The molecule has 18 heavy (non-hydrogen) atoms. The smallest absolute Gasteiger partial charge is 0.318 e. The van der Waals surface area contributed by atoms with E-state index in [9.17, 15) is 9.59 Å². The van der Waals surface area contributed by atoms with Crippen molar-refractivity contribution in [3.8, 4) is 0 Å². The fourth-order valence-corrected chi connectivity index (χ4v) is 1.96. The molecule has 1 heterocycles. The number of carbonyl (C=O) groups excluding carboxylic acids is 2. The summed E-state index contributed by atoms with van der Waals surface area (Å²) in [5.74, 6) is -1.13. The molecule has 0 N–H and O–H groups in total. The Morgan fingerprint density at radius 2 is 1.72 bits per heavy atom. The predicted octanol–water partition coefficient (Wildman–Crippen LogP) is 3.40. The maximum atomic E-state index is 11.6. The Balaban J connectivity index is 2.69. The van der Waals surface area contributed by atoms with Crippen LogP contribution in [0.1, 0.15) is 46.0 Å². The third-order valence-electron chi connectivity index (χ3n) is 3.00. The zero-order valence-electron chi connectivity index (χ0n) is 11.2. The van der Waals surface area contributed by atoms with Crippen LogP contribution in [0.3, 0.4) is 0 Å². The lowest BCUT2D eigenvalue weighted by molar-refractivity contribution is -0.153. The Morgan fingerprint density at radius 3 is 2.11 bits per heavy atom. The number of hydrogen-bond donors (Lipinski definition) is 0. The number of rotatable bonds is 7. The molecule has 0 saturated carbocycles. The zero-order chi connectivity index (χ0) is 13.4. The monoisotopic (exact) mass is 250 g/mol. The molecule has 3 heteroatoms. The number of ether oxygens (including phenoxy) is 1. The van der Waals surface area contributed by atoms with E-state index in [4.69, 9.17) is 0 Å². The molecule has 1 unspecified atom stereocenters. The largest absolute Gasteiger partial charge is 0.393 e. The third-order valence-corrected chi connectivity index (χ3v) is 3.00. The predicted molar refractivity (Wildman–Crippen MR) is 70.8 cm³/mol. The first-order valence-corrected chi connectivity index (χ1v) is 6.76. The second kappa shape index (κ2) is 7.85. The van der Waals surface area contributed by atoms with Gasteiger partial charge in [-0.1, -0.05) is 51.0 Å². The van der Waals surface area contributed by atoms with Crippen molar-refractivity contribution in [3.05, 3.63) is 24.3 Å². The SMILES string of the molecule is CCCC=CC(C=CCCC)C1CC(=O)OC1=O. The highest BCUT2D eigenvalue weighted by molar-refractivity contribution is 5.95. The third kappa shape index (κ3) is 4.47. The quantitative estimate of drug-likeness (QED) is 0.395. The number of unbranched alkanes of at least 4 members (excludes halogenated alkanes) is 2. The van der Waals surface area contributed by atoms with Gasteiger partial charge in [-0.15, -0.1) is 0 Å². The van der Waals surface area contributed by atoms with Gasteiger partial charge < -0.3 is 4.74 Å². The molecule has 1 aliphatic heterocycles. The molecule has 1 aliphatic rings. The molecule has 3 nitrogen and oxygen atoms in total. The van der Waals surface area contributed by atoms with Gasteiger partial charge in [0.2, 0.25) is 0 Å². The topological polar surface area (TPSA) is 43.4 Å². The molecule has 0 radical (unpaired) electrons. The van der Waals surface area contributed by atoms with Gasteiger partial charge >= 0.3 is 11.9 Å². The maximum Gasteiger partial charge on any atom is 0.318 e. The summed E-state index contributed by atoms with van der Waals surface area (Å²) in [5.41, 5.74) is 0. The van der Waals surface area contributed by atoms with Gasteiger partial charge in [0.15, 0.2) is 0 Å². The first-order valence-electron chi connectivity index (χ1n) is 6.76. The van der Waals surface area contributed by atoms with Gasteiger partial charge in [0, 0.05) is 5.92 Å². The number of cyclic esters (lactones) is 2. The lowest BCUT2D eigenvalue weighted by atomic mass is 9.89. The molecule has 1 saturated heterocycles. The van der Waals surface area contributed by atoms with Crippen LogP contribution in [-0.2, 0) is 14.3 Å². The number of esters is 2. The summed E-state index contributed by atoms with van der Waals surface area (Å²) in [4.78, 5) is 22.7. The summed E-state index contributed by atoms with van der Waals surface area (Å²) < 4.78 is 4.62. The minimum atomic E-state index is -0.400. The van der Waals surface area contributed by atoms with E-state index in [-0.39, 0.29) is 24.2 Å². The van der Waals surface area contributed by atoms with Crippen molar-refractivity contribution >= 4 is 11.9 Å². The molecule has 100 valence electrons. The minimum Gasteiger partial charge on any atom is -0.393 e. The van der Waals surface area contributed by atoms with Gasteiger partial charge in [0.1, 0.15) is 0 Å². The minimum absolute atomic E-state index is 0.0120. The molecule has 1 fully saturated rings. The summed E-state index contributed by atoms with van der Waals surface area (Å²) >= 11 is 0. The van der Waals surface area contributed by atoms with Crippen molar-refractivity contribution in [1.29, 1.82) is 0 Å². The summed E-state index contributed by atoms with van der Waals surface area (Å²) in [6.45, 7) is 4.22. The molecular formula is C15H22O3. The van der Waals surface area contributed by atoms with Crippen LogP contribution in [0.2, 0.25) is 0 Å². The van der Waals surface area contributed by atoms with Gasteiger partial charge in [-0.3, -0.25) is 9.59 Å². The average molecular weight is 250 g/mol. The fourth-order valence-electron chi connectivity index (χ4n) is 1.96. The molecule has 0 spiro atoms. The fraction of sp³-hybridized carbons (Fsp3) is 0.600. The van der Waals surface area contributed by atoms with Crippen LogP contribution in [0.4, 0.5) is 0 Å². The molecule has 0 amide bonds. The van der Waals surface area contributed by atoms with E-state index >= 15 is 0 Å². The van der Waals surface area contributed by atoms with Crippen LogP contribution in [0, 0.1) is 11.8 Å². The van der Waals surface area contributed by atoms with Gasteiger partial charge in [-0.2, -0.15) is 0 Å². The Labute approximate surface area is 109 Å². The van der Waals surface area contributed by atoms with Crippen molar-refractivity contribution < 1.29 is 14.3 Å². The Bertz CT molecular complexity index is 326. The van der Waals surface area contributed by atoms with E-state index in [0.29, 0.717) is 0 Å². The Hall–Kier alpha value is -1.38. The van der Waals surface area contributed by atoms with Crippen molar-refractivity contribution in [2.45, 2.75) is 46.0 Å². The van der Waals surface area contributed by atoms with Gasteiger partial charge in [0.05, 0.1) is 12.3 Å². The van der Waals surface area contributed by atoms with Crippen LogP contribution < -0.4 is 0 Å². The van der Waals surface area contributed by atoms with Gasteiger partial charge in [-0.25, -0.2) is 0 Å². The number of allylic oxidation sites excluding steroid dienone is 4. The van der Waals surface area contributed by atoms with E-state index in [1.54, 1.807) is 0 Å². The van der Waals surface area contributed by atoms with Crippen LogP contribution in [-0.4, -0.2) is 11.9 Å². The van der Waals surface area contributed by atoms with Gasteiger partial charge in [0.25, 0.3) is 0 Å². The van der Waals surface area contributed by atoms with E-state index in [1.165, 1.54) is 0 Å². The standard InChI is InChI=1S/C15H22O3/c1-3-5-7-9-12(10-8-6-4-2)13-11-14(16)18-15(13)17/h7-10,12-13H,3-6,11H2,1-2H3. The summed E-state index contributed by atoms with van der Waals surface area (Å²) in [7, 11) is 0. The molecule has 0 aromatic rings. The molecule has 0 aliphatic carbocycles. The lowest BCUT2D eigenvalue weighted by Crippen LogP contribution is -2.16. The normalized spacial score (nSPS) is 22.0.